The van der Waals surface area contributed by atoms with Crippen LogP contribution in [0.3, 0.4) is 0 Å². The molecule has 0 rings (SSSR count). The van der Waals surface area contributed by atoms with Gasteiger partial charge >= 0.3 is 27.3 Å². The first-order chi connectivity index (χ1) is 2.83. The fourth-order valence-corrected chi connectivity index (χ4v) is 0. The second-order valence-electron chi connectivity index (χ2n) is 1.15. The zero-order valence-corrected chi connectivity index (χ0v) is 9.90. The van der Waals surface area contributed by atoms with Crippen LogP contribution in [0, 0.1) is 12.8 Å². The first-order valence-electron chi connectivity index (χ1n) is 2.31. The van der Waals surface area contributed by atoms with Crippen LogP contribution in [-0.2, 0) is 27.3 Å². The Morgan fingerprint density at radius 3 is 0.714 bits per heavy atom. The summed E-state index contributed by atoms with van der Waals surface area (Å²) in [6.07, 6.45) is 4.00. The summed E-state index contributed by atoms with van der Waals surface area (Å²) in [6.45, 7) is 8.00. The average Bonchev–Trinajstić information content (AvgIpc) is 1.39. The Kier molecular flexibility index (Phi) is 63.6. The molecule has 0 aliphatic heterocycles. The SMILES string of the molecule is C[CH-]C.C[CH-]C.[Cd+2]. The summed E-state index contributed by atoms with van der Waals surface area (Å²) in [5.74, 6) is 0. The summed E-state index contributed by atoms with van der Waals surface area (Å²) in [5, 5.41) is 0. The van der Waals surface area contributed by atoms with Gasteiger partial charge in [0.15, 0.2) is 0 Å². The molecular formula is C6H14Cd. The van der Waals surface area contributed by atoms with Gasteiger partial charge in [0.2, 0.25) is 0 Å². The molecule has 0 aliphatic rings. The standard InChI is InChI=1S/2C3H7.Cd/c2*1-3-2;/h2*3H,1-2H3;/q2*-1;+2. The molecule has 0 saturated carbocycles. The summed E-state index contributed by atoms with van der Waals surface area (Å²) < 4.78 is 0. The monoisotopic (exact) mass is 200 g/mol. The maximum Gasteiger partial charge on any atom is 2.00 e. The van der Waals surface area contributed by atoms with Gasteiger partial charge in [-0.1, -0.05) is 0 Å². The van der Waals surface area contributed by atoms with E-state index in [9.17, 15) is 0 Å². The molecule has 40 valence electrons. The molecule has 0 nitrogen and oxygen atoms in total. The predicted molar refractivity (Wildman–Crippen MR) is 31.3 cm³/mol. The Bertz CT molecular complexity index is 6.14. The van der Waals surface area contributed by atoms with Crippen LogP contribution in [0.5, 0.6) is 0 Å². The molecule has 0 unspecified atom stereocenters. The van der Waals surface area contributed by atoms with E-state index in [2.05, 4.69) is 0 Å². The summed E-state index contributed by atoms with van der Waals surface area (Å²) in [5.41, 5.74) is 0. The topological polar surface area (TPSA) is 0 Å². The van der Waals surface area contributed by atoms with Crippen molar-refractivity contribution in [2.75, 3.05) is 0 Å². The molecule has 0 aliphatic carbocycles. The van der Waals surface area contributed by atoms with Crippen LogP contribution in [0.4, 0.5) is 0 Å². The van der Waals surface area contributed by atoms with Crippen molar-refractivity contribution in [3.05, 3.63) is 12.8 Å². The van der Waals surface area contributed by atoms with E-state index < -0.39 is 0 Å². The van der Waals surface area contributed by atoms with Gasteiger partial charge in [-0.25, -0.2) is 0 Å². The fourth-order valence-electron chi connectivity index (χ4n) is 0. The molecular weight excluding hydrogens is 184 g/mol. The summed E-state index contributed by atoms with van der Waals surface area (Å²) >= 11 is 0. The minimum atomic E-state index is 0. The third kappa shape index (κ3) is 197. The number of hydrogen-bond donors (Lipinski definition) is 0. The van der Waals surface area contributed by atoms with E-state index in [1.807, 2.05) is 40.5 Å². The molecule has 0 fully saturated rings. The fraction of sp³-hybridized carbons (Fsp3) is 0.667. The van der Waals surface area contributed by atoms with Gasteiger partial charge in [0.05, 0.1) is 0 Å². The number of hydrogen-bond acceptors (Lipinski definition) is 0. The Labute approximate surface area is 67.9 Å². The molecule has 0 amide bonds. The minimum Gasteiger partial charge on any atom is -0.335 e. The zero-order valence-electron chi connectivity index (χ0n) is 5.86. The van der Waals surface area contributed by atoms with Crippen LogP contribution in [0.15, 0.2) is 0 Å². The van der Waals surface area contributed by atoms with E-state index in [1.54, 1.807) is 0 Å². The van der Waals surface area contributed by atoms with Gasteiger partial charge in [0.1, 0.15) is 0 Å². The molecule has 0 spiro atoms. The Morgan fingerprint density at radius 2 is 0.714 bits per heavy atom. The van der Waals surface area contributed by atoms with Crippen molar-refractivity contribution in [1.82, 2.24) is 0 Å². The molecule has 0 radical (unpaired) electrons. The van der Waals surface area contributed by atoms with E-state index in [0.29, 0.717) is 0 Å². The second-order valence-corrected chi connectivity index (χ2v) is 1.15. The van der Waals surface area contributed by atoms with Gasteiger partial charge in [0, 0.05) is 0 Å². The molecule has 1 heteroatoms. The van der Waals surface area contributed by atoms with E-state index in [0.717, 1.165) is 0 Å². The average molecular weight is 199 g/mol. The van der Waals surface area contributed by atoms with Gasteiger partial charge in [-0.05, 0) is 0 Å². The van der Waals surface area contributed by atoms with Crippen LogP contribution in [0.25, 0.3) is 0 Å². The molecule has 0 bridgehead atoms. The van der Waals surface area contributed by atoms with Crippen LogP contribution in [-0.4, -0.2) is 0 Å². The van der Waals surface area contributed by atoms with Crippen LogP contribution in [0.2, 0.25) is 0 Å². The molecule has 0 aromatic carbocycles. The minimum absolute atomic E-state index is 0. The summed E-state index contributed by atoms with van der Waals surface area (Å²) in [7, 11) is 0. The quantitative estimate of drug-likeness (QED) is 0.414. The molecule has 0 aromatic heterocycles. The molecule has 0 aromatic rings. The normalized spacial score (nSPS) is 5.14. The first kappa shape index (κ1) is 15.7. The molecule has 0 saturated heterocycles. The smallest absolute Gasteiger partial charge is 0.335 e. The maximum absolute atomic E-state index is 2.00. The van der Waals surface area contributed by atoms with Gasteiger partial charge in [-0.2, -0.15) is 27.7 Å². The van der Waals surface area contributed by atoms with Crippen LogP contribution >= 0.6 is 0 Å². The molecule has 7 heavy (non-hydrogen) atoms. The zero-order chi connectivity index (χ0) is 5.41. The van der Waals surface area contributed by atoms with E-state index in [4.69, 9.17) is 0 Å². The molecule has 0 heterocycles. The molecule has 0 atom stereocenters. The van der Waals surface area contributed by atoms with Crippen molar-refractivity contribution in [2.24, 2.45) is 0 Å². The van der Waals surface area contributed by atoms with Gasteiger partial charge in [-0.3, -0.25) is 0 Å². The van der Waals surface area contributed by atoms with E-state index in [1.165, 1.54) is 0 Å². The van der Waals surface area contributed by atoms with Gasteiger partial charge in [-0.15, -0.1) is 0 Å². The Hall–Kier alpha value is 0.922. The van der Waals surface area contributed by atoms with Crippen molar-refractivity contribution < 1.29 is 27.3 Å². The predicted octanol–water partition coefficient (Wildman–Crippen LogP) is 2.46. The van der Waals surface area contributed by atoms with Gasteiger partial charge < -0.3 is 12.8 Å². The first-order valence-corrected chi connectivity index (χ1v) is 2.31. The Morgan fingerprint density at radius 1 is 0.714 bits per heavy atom. The van der Waals surface area contributed by atoms with Crippen molar-refractivity contribution in [2.45, 2.75) is 27.7 Å². The van der Waals surface area contributed by atoms with Crippen molar-refractivity contribution in [3.8, 4) is 0 Å². The van der Waals surface area contributed by atoms with Gasteiger partial charge in [0.25, 0.3) is 0 Å². The summed E-state index contributed by atoms with van der Waals surface area (Å²) in [4.78, 5) is 0. The second kappa shape index (κ2) is 28.4. The van der Waals surface area contributed by atoms with Crippen LogP contribution in [0.1, 0.15) is 27.7 Å². The van der Waals surface area contributed by atoms with E-state index in [-0.39, 0.29) is 27.3 Å². The maximum atomic E-state index is 2.00. The Balaban J connectivity index is -0.0000000400. The van der Waals surface area contributed by atoms with Crippen molar-refractivity contribution in [1.29, 1.82) is 0 Å². The third-order valence-electron chi connectivity index (χ3n) is 0. The van der Waals surface area contributed by atoms with E-state index >= 15 is 0 Å². The number of rotatable bonds is 0. The molecule has 0 N–H and O–H groups in total. The third-order valence-corrected chi connectivity index (χ3v) is 0. The largest absolute Gasteiger partial charge is 2.00 e. The van der Waals surface area contributed by atoms with Crippen molar-refractivity contribution in [3.63, 3.8) is 0 Å². The van der Waals surface area contributed by atoms with Crippen molar-refractivity contribution >= 4 is 0 Å². The van der Waals surface area contributed by atoms with Crippen LogP contribution < -0.4 is 0 Å². The summed E-state index contributed by atoms with van der Waals surface area (Å²) in [6, 6.07) is 0.